The number of halogens is 1. The zero-order valence-corrected chi connectivity index (χ0v) is 18.1. The highest BCUT2D eigenvalue weighted by Gasteiger charge is 2.25. The van der Waals surface area contributed by atoms with Crippen molar-refractivity contribution < 1.29 is 23.1 Å². The molecule has 0 spiro atoms. The van der Waals surface area contributed by atoms with Gasteiger partial charge in [0.15, 0.2) is 16.9 Å². The Kier molecular flexibility index (Phi) is 5.35. The predicted molar refractivity (Wildman–Crippen MR) is 123 cm³/mol. The van der Waals surface area contributed by atoms with Crippen LogP contribution in [0.25, 0.3) is 22.3 Å². The maximum atomic E-state index is 13.6. The molecule has 0 radical (unpaired) electrons. The Morgan fingerprint density at radius 3 is 2.52 bits per heavy atom. The van der Waals surface area contributed by atoms with Crippen LogP contribution in [0.2, 0.25) is 0 Å². The largest absolute Gasteiger partial charge is 0.478 e. The predicted octanol–water partition coefficient (Wildman–Crippen LogP) is 4.80. The van der Waals surface area contributed by atoms with Gasteiger partial charge in [-0.2, -0.15) is 0 Å². The first kappa shape index (κ1) is 21.2. The number of anilines is 2. The standard InChI is InChI=1S/C24H18FN3O4S/c25-17-6-3-14(4-7-17)22-23(27-20-13-16(24(29)30)5-9-19(20)26-22)28-11-1-2-15-12-18(33(31)32)8-10-21(15)28/h3-10,12-13H,1-2,11H2,(H,29,30)(H,31,32). The number of nitrogens with zero attached hydrogens (tertiary/aromatic N) is 3. The molecule has 2 N–H and O–H groups in total. The SMILES string of the molecule is O=C(O)c1ccc2nc(-c3ccc(F)cc3)c(N3CCCc4cc(S(=O)O)ccc43)nc2c1. The lowest BCUT2D eigenvalue weighted by atomic mass is 10.0. The first-order valence-electron chi connectivity index (χ1n) is 10.2. The van der Waals surface area contributed by atoms with E-state index < -0.39 is 17.0 Å². The molecule has 4 aromatic rings. The van der Waals surface area contributed by atoms with Gasteiger partial charge < -0.3 is 14.6 Å². The van der Waals surface area contributed by atoms with E-state index in [-0.39, 0.29) is 11.4 Å². The Bertz CT molecular complexity index is 1430. The van der Waals surface area contributed by atoms with Crippen LogP contribution in [-0.4, -0.2) is 36.4 Å². The lowest BCUT2D eigenvalue weighted by Gasteiger charge is -2.32. The first-order chi connectivity index (χ1) is 15.9. The average molecular weight is 463 g/mol. The van der Waals surface area contributed by atoms with Crippen molar-refractivity contribution in [3.05, 3.63) is 77.6 Å². The molecule has 1 aliphatic rings. The van der Waals surface area contributed by atoms with Gasteiger partial charge in [-0.15, -0.1) is 0 Å². The molecule has 0 aliphatic carbocycles. The normalized spacial score (nSPS) is 14.2. The number of benzene rings is 3. The third-order valence-corrected chi connectivity index (χ3v) is 6.29. The van der Waals surface area contributed by atoms with Crippen molar-refractivity contribution >= 4 is 39.6 Å². The number of aromatic nitrogens is 2. The van der Waals surface area contributed by atoms with E-state index in [0.717, 1.165) is 24.1 Å². The molecule has 9 heteroatoms. The van der Waals surface area contributed by atoms with Gasteiger partial charge in [0.2, 0.25) is 0 Å². The summed E-state index contributed by atoms with van der Waals surface area (Å²) in [4.78, 5) is 23.3. The summed E-state index contributed by atoms with van der Waals surface area (Å²) in [5.74, 6) is -0.917. The van der Waals surface area contributed by atoms with E-state index in [2.05, 4.69) is 0 Å². The third kappa shape index (κ3) is 3.96. The molecular formula is C24H18FN3O4S. The maximum absolute atomic E-state index is 13.6. The van der Waals surface area contributed by atoms with Gasteiger partial charge in [0.1, 0.15) is 11.5 Å². The highest BCUT2D eigenvalue weighted by molar-refractivity contribution is 7.79. The minimum atomic E-state index is -2.08. The van der Waals surface area contributed by atoms with E-state index in [4.69, 9.17) is 9.97 Å². The highest BCUT2D eigenvalue weighted by Crippen LogP contribution is 2.39. The Labute approximate surface area is 190 Å². The second-order valence-electron chi connectivity index (χ2n) is 7.71. The zero-order chi connectivity index (χ0) is 23.1. The van der Waals surface area contributed by atoms with Gasteiger partial charge in [-0.1, -0.05) is 0 Å². The van der Waals surface area contributed by atoms with E-state index in [0.29, 0.717) is 39.5 Å². The Morgan fingerprint density at radius 1 is 1.00 bits per heavy atom. The van der Waals surface area contributed by atoms with Gasteiger partial charge in [-0.3, -0.25) is 0 Å². The summed E-state index contributed by atoms with van der Waals surface area (Å²) in [5.41, 5.74) is 4.00. The Hall–Kier alpha value is -3.69. The van der Waals surface area contributed by atoms with Crippen molar-refractivity contribution in [1.29, 1.82) is 0 Å². The minimum Gasteiger partial charge on any atom is -0.478 e. The summed E-state index contributed by atoms with van der Waals surface area (Å²) in [6.07, 6.45) is 1.53. The fraction of sp³-hybridized carbons (Fsp3) is 0.125. The minimum absolute atomic E-state index is 0.103. The van der Waals surface area contributed by atoms with Crippen LogP contribution in [0.3, 0.4) is 0 Å². The van der Waals surface area contributed by atoms with Gasteiger partial charge >= 0.3 is 5.97 Å². The molecule has 5 rings (SSSR count). The van der Waals surface area contributed by atoms with Crippen molar-refractivity contribution in [3.8, 4) is 11.3 Å². The van der Waals surface area contributed by atoms with Gasteiger partial charge in [-0.05, 0) is 79.1 Å². The van der Waals surface area contributed by atoms with Crippen molar-refractivity contribution in [3.63, 3.8) is 0 Å². The quantitative estimate of drug-likeness (QED) is 0.419. The van der Waals surface area contributed by atoms with Crippen LogP contribution in [0.5, 0.6) is 0 Å². The van der Waals surface area contributed by atoms with E-state index in [1.165, 1.54) is 24.3 Å². The van der Waals surface area contributed by atoms with Crippen LogP contribution in [0.1, 0.15) is 22.3 Å². The monoisotopic (exact) mass is 463 g/mol. The molecule has 7 nitrogen and oxygen atoms in total. The van der Waals surface area contributed by atoms with E-state index in [1.54, 1.807) is 36.4 Å². The number of aryl methyl sites for hydroxylation is 1. The van der Waals surface area contributed by atoms with Gasteiger partial charge in [0.25, 0.3) is 0 Å². The third-order valence-electron chi connectivity index (χ3n) is 5.64. The summed E-state index contributed by atoms with van der Waals surface area (Å²) in [6.45, 7) is 0.627. The molecule has 33 heavy (non-hydrogen) atoms. The number of carboxylic acid groups (broad SMARTS) is 1. The van der Waals surface area contributed by atoms with Crippen LogP contribution < -0.4 is 4.90 Å². The fourth-order valence-corrected chi connectivity index (χ4v) is 4.50. The molecule has 1 aromatic heterocycles. The summed E-state index contributed by atoms with van der Waals surface area (Å²) >= 11 is -2.08. The molecule has 0 saturated heterocycles. The molecule has 0 amide bonds. The van der Waals surface area contributed by atoms with Crippen LogP contribution in [0, 0.1) is 5.82 Å². The summed E-state index contributed by atoms with van der Waals surface area (Å²) in [7, 11) is 0. The van der Waals surface area contributed by atoms with Gasteiger partial charge in [-0.25, -0.2) is 23.4 Å². The highest BCUT2D eigenvalue weighted by atomic mass is 32.2. The van der Waals surface area contributed by atoms with Crippen molar-refractivity contribution in [2.24, 2.45) is 0 Å². The van der Waals surface area contributed by atoms with Crippen LogP contribution in [0.15, 0.2) is 65.6 Å². The topological polar surface area (TPSA) is 104 Å². The Balaban J connectivity index is 1.74. The fourth-order valence-electron chi connectivity index (χ4n) is 4.07. The molecule has 1 atom stereocenters. The molecular weight excluding hydrogens is 445 g/mol. The molecule has 1 aliphatic heterocycles. The molecule has 3 aromatic carbocycles. The van der Waals surface area contributed by atoms with Crippen LogP contribution in [-0.2, 0) is 17.5 Å². The number of aromatic carboxylic acids is 1. The number of hydrogen-bond donors (Lipinski definition) is 2. The molecule has 0 fully saturated rings. The molecule has 166 valence electrons. The lowest BCUT2D eigenvalue weighted by molar-refractivity contribution is 0.0697. The summed E-state index contributed by atoms with van der Waals surface area (Å²) < 4.78 is 34.6. The second kappa shape index (κ2) is 8.34. The van der Waals surface area contributed by atoms with Crippen molar-refractivity contribution in [2.45, 2.75) is 17.7 Å². The average Bonchev–Trinajstić information content (AvgIpc) is 2.82. The molecule has 2 heterocycles. The number of hydrogen-bond acceptors (Lipinski definition) is 5. The number of carboxylic acids is 1. The number of fused-ring (bicyclic) bond motifs is 2. The maximum Gasteiger partial charge on any atom is 0.335 e. The Morgan fingerprint density at radius 2 is 1.79 bits per heavy atom. The van der Waals surface area contributed by atoms with E-state index in [9.17, 15) is 23.1 Å². The van der Waals surface area contributed by atoms with Crippen LogP contribution in [0.4, 0.5) is 15.9 Å². The zero-order valence-electron chi connectivity index (χ0n) is 17.2. The van der Waals surface area contributed by atoms with E-state index >= 15 is 0 Å². The molecule has 0 saturated carbocycles. The first-order valence-corrected chi connectivity index (χ1v) is 11.3. The second-order valence-corrected chi connectivity index (χ2v) is 8.68. The number of rotatable bonds is 4. The van der Waals surface area contributed by atoms with Crippen LogP contribution >= 0.6 is 0 Å². The lowest BCUT2D eigenvalue weighted by Crippen LogP contribution is -2.26. The van der Waals surface area contributed by atoms with Crippen molar-refractivity contribution in [2.75, 3.05) is 11.4 Å². The summed E-state index contributed by atoms with van der Waals surface area (Å²) in [6, 6.07) is 15.6. The smallest absolute Gasteiger partial charge is 0.335 e. The van der Waals surface area contributed by atoms with Crippen molar-refractivity contribution in [1.82, 2.24) is 9.97 Å². The van der Waals surface area contributed by atoms with Gasteiger partial charge in [0, 0.05) is 17.8 Å². The van der Waals surface area contributed by atoms with E-state index in [1.807, 2.05) is 4.90 Å². The molecule has 0 bridgehead atoms. The number of carbonyl (C=O) groups is 1. The molecule has 1 unspecified atom stereocenters. The van der Waals surface area contributed by atoms with Gasteiger partial charge in [0.05, 0.1) is 21.5 Å². The summed E-state index contributed by atoms with van der Waals surface area (Å²) in [5, 5.41) is 9.38.